The minimum absolute atomic E-state index is 0.129. The van der Waals surface area contributed by atoms with Gasteiger partial charge >= 0.3 is 5.97 Å². The van der Waals surface area contributed by atoms with Gasteiger partial charge in [0.15, 0.2) is 6.10 Å². The number of nitrogens with zero attached hydrogens (tertiary/aromatic N) is 1. The predicted molar refractivity (Wildman–Crippen MR) is 93.3 cm³/mol. The molecule has 3 aromatic rings. The highest BCUT2D eigenvalue weighted by atomic mass is 19.1. The molecule has 0 aliphatic rings. The molecule has 2 aromatic carbocycles. The molecule has 0 aliphatic carbocycles. The second-order valence-electron chi connectivity index (χ2n) is 5.81. The van der Waals surface area contributed by atoms with E-state index in [0.29, 0.717) is 17.7 Å². The van der Waals surface area contributed by atoms with Crippen molar-refractivity contribution in [2.24, 2.45) is 0 Å². The molecule has 3 nitrogen and oxygen atoms in total. The molecule has 1 atom stereocenters. The van der Waals surface area contributed by atoms with Crippen molar-refractivity contribution in [3.63, 3.8) is 0 Å². The Labute approximate surface area is 150 Å². The van der Waals surface area contributed by atoms with Crippen LogP contribution in [0.5, 0.6) is 0 Å². The second-order valence-corrected chi connectivity index (χ2v) is 5.81. The highest BCUT2D eigenvalue weighted by Crippen LogP contribution is 2.25. The van der Waals surface area contributed by atoms with Crippen LogP contribution >= 0.6 is 0 Å². The number of ether oxygens (including phenoxy) is 1. The summed E-state index contributed by atoms with van der Waals surface area (Å²) in [5, 5.41) is 0. The van der Waals surface area contributed by atoms with Crippen molar-refractivity contribution in [2.75, 3.05) is 0 Å². The molecular formula is C21H17F2NO2. The van der Waals surface area contributed by atoms with Gasteiger partial charge in [-0.25, -0.2) is 8.78 Å². The SMILES string of the molecule is O=C(CCc1ccc(F)cc1)OC(c1cccc(F)c1)c1ccccn1. The number of rotatable bonds is 6. The number of esters is 1. The molecule has 26 heavy (non-hydrogen) atoms. The molecule has 0 radical (unpaired) electrons. The summed E-state index contributed by atoms with van der Waals surface area (Å²) in [7, 11) is 0. The second kappa shape index (κ2) is 8.34. The lowest BCUT2D eigenvalue weighted by molar-refractivity contribution is -0.147. The summed E-state index contributed by atoms with van der Waals surface area (Å²) < 4.78 is 32.1. The Hall–Kier alpha value is -3.08. The summed E-state index contributed by atoms with van der Waals surface area (Å²) in [5.41, 5.74) is 1.87. The van der Waals surface area contributed by atoms with Crippen LogP contribution in [0.15, 0.2) is 72.9 Å². The molecule has 0 amide bonds. The smallest absolute Gasteiger partial charge is 0.307 e. The molecule has 1 unspecified atom stereocenters. The largest absolute Gasteiger partial charge is 0.451 e. The molecule has 132 valence electrons. The fraction of sp³-hybridized carbons (Fsp3) is 0.143. The molecule has 0 fully saturated rings. The van der Waals surface area contributed by atoms with Gasteiger partial charge in [0.25, 0.3) is 0 Å². The minimum Gasteiger partial charge on any atom is -0.451 e. The third-order valence-corrected chi connectivity index (χ3v) is 3.89. The van der Waals surface area contributed by atoms with Crippen LogP contribution in [-0.4, -0.2) is 11.0 Å². The van der Waals surface area contributed by atoms with Crippen LogP contribution in [-0.2, 0) is 16.0 Å². The minimum atomic E-state index is -0.785. The van der Waals surface area contributed by atoms with E-state index >= 15 is 0 Å². The van der Waals surface area contributed by atoms with Crippen molar-refractivity contribution in [1.29, 1.82) is 0 Å². The van der Waals surface area contributed by atoms with E-state index in [0.717, 1.165) is 5.56 Å². The number of hydrogen-bond acceptors (Lipinski definition) is 3. The van der Waals surface area contributed by atoms with Gasteiger partial charge in [-0.15, -0.1) is 0 Å². The van der Waals surface area contributed by atoms with Crippen LogP contribution in [0.4, 0.5) is 8.78 Å². The average molecular weight is 353 g/mol. The lowest BCUT2D eigenvalue weighted by Gasteiger charge is -2.18. The van der Waals surface area contributed by atoms with Gasteiger partial charge in [0.2, 0.25) is 0 Å². The Bertz CT molecular complexity index is 867. The standard InChI is InChI=1S/C21H17F2NO2/c22-17-10-7-15(8-11-17)9-12-20(25)26-21(19-6-1-2-13-24-19)16-4-3-5-18(23)14-16/h1-8,10-11,13-14,21H,9,12H2. The fourth-order valence-electron chi connectivity index (χ4n) is 2.59. The van der Waals surface area contributed by atoms with E-state index in [-0.39, 0.29) is 12.2 Å². The molecule has 1 heterocycles. The Morgan fingerprint density at radius 3 is 2.46 bits per heavy atom. The number of benzene rings is 2. The summed E-state index contributed by atoms with van der Waals surface area (Å²) in [6.07, 6.45) is 1.36. The van der Waals surface area contributed by atoms with E-state index in [2.05, 4.69) is 4.98 Å². The topological polar surface area (TPSA) is 39.2 Å². The first kappa shape index (κ1) is 17.7. The first-order valence-corrected chi connectivity index (χ1v) is 8.22. The summed E-state index contributed by atoms with van der Waals surface area (Å²) in [4.78, 5) is 16.5. The van der Waals surface area contributed by atoms with Crippen molar-refractivity contribution >= 4 is 5.97 Å². The number of aryl methyl sites for hydroxylation is 1. The van der Waals surface area contributed by atoms with Gasteiger partial charge in [-0.05, 0) is 48.4 Å². The van der Waals surface area contributed by atoms with Gasteiger partial charge in [-0.2, -0.15) is 0 Å². The van der Waals surface area contributed by atoms with Crippen molar-refractivity contribution in [3.8, 4) is 0 Å². The monoisotopic (exact) mass is 353 g/mol. The molecule has 0 bridgehead atoms. The predicted octanol–water partition coefficient (Wildman–Crippen LogP) is 4.63. The zero-order chi connectivity index (χ0) is 18.4. The van der Waals surface area contributed by atoms with Gasteiger partial charge in [0, 0.05) is 18.2 Å². The van der Waals surface area contributed by atoms with E-state index in [1.807, 2.05) is 0 Å². The zero-order valence-electron chi connectivity index (χ0n) is 13.9. The normalized spacial score (nSPS) is 11.8. The number of halogens is 2. The van der Waals surface area contributed by atoms with Gasteiger partial charge in [0.1, 0.15) is 11.6 Å². The molecule has 0 aliphatic heterocycles. The maximum atomic E-state index is 13.6. The summed E-state index contributed by atoms with van der Waals surface area (Å²) in [5.74, 6) is -1.17. The third-order valence-electron chi connectivity index (χ3n) is 3.89. The molecule has 3 rings (SSSR count). The average Bonchev–Trinajstić information content (AvgIpc) is 2.66. The Morgan fingerprint density at radius 1 is 0.962 bits per heavy atom. The molecule has 0 spiro atoms. The summed E-state index contributed by atoms with van der Waals surface area (Å²) in [6, 6.07) is 17.1. The number of pyridine rings is 1. The van der Waals surface area contributed by atoms with Gasteiger partial charge < -0.3 is 4.74 Å². The van der Waals surface area contributed by atoms with Gasteiger partial charge in [-0.3, -0.25) is 9.78 Å². The number of aromatic nitrogens is 1. The van der Waals surface area contributed by atoms with Crippen molar-refractivity contribution in [2.45, 2.75) is 18.9 Å². The van der Waals surface area contributed by atoms with Crippen molar-refractivity contribution in [3.05, 3.63) is 101 Å². The summed E-state index contributed by atoms with van der Waals surface area (Å²) >= 11 is 0. The van der Waals surface area contributed by atoms with Crippen molar-refractivity contribution in [1.82, 2.24) is 4.98 Å². The molecular weight excluding hydrogens is 336 g/mol. The Balaban J connectivity index is 1.73. The quantitative estimate of drug-likeness (QED) is 0.607. The lowest BCUT2D eigenvalue weighted by Crippen LogP contribution is -2.14. The Kier molecular flexibility index (Phi) is 5.69. The molecule has 1 aromatic heterocycles. The first-order chi connectivity index (χ1) is 12.6. The number of carbonyl (C=O) groups excluding carboxylic acids is 1. The maximum absolute atomic E-state index is 13.6. The highest BCUT2D eigenvalue weighted by Gasteiger charge is 2.20. The van der Waals surface area contributed by atoms with E-state index in [9.17, 15) is 13.6 Å². The van der Waals surface area contributed by atoms with Crippen LogP contribution in [0.1, 0.15) is 29.3 Å². The van der Waals surface area contributed by atoms with Crippen molar-refractivity contribution < 1.29 is 18.3 Å². The van der Waals surface area contributed by atoms with Gasteiger partial charge in [0.05, 0.1) is 5.69 Å². The van der Waals surface area contributed by atoms with E-state index in [1.54, 1.807) is 48.7 Å². The van der Waals surface area contributed by atoms with Crippen LogP contribution in [0.25, 0.3) is 0 Å². The third kappa shape index (κ3) is 4.72. The molecule has 0 N–H and O–H groups in total. The molecule has 0 saturated carbocycles. The molecule has 0 saturated heterocycles. The van der Waals surface area contributed by atoms with E-state index in [1.165, 1.54) is 24.3 Å². The number of carbonyl (C=O) groups is 1. The van der Waals surface area contributed by atoms with Gasteiger partial charge in [-0.1, -0.05) is 30.3 Å². The zero-order valence-corrected chi connectivity index (χ0v) is 13.9. The Morgan fingerprint density at radius 2 is 1.77 bits per heavy atom. The first-order valence-electron chi connectivity index (χ1n) is 8.22. The van der Waals surface area contributed by atoms with Crippen LogP contribution < -0.4 is 0 Å². The number of hydrogen-bond donors (Lipinski definition) is 0. The van der Waals surface area contributed by atoms with Crippen LogP contribution in [0.3, 0.4) is 0 Å². The van der Waals surface area contributed by atoms with E-state index < -0.39 is 17.9 Å². The maximum Gasteiger partial charge on any atom is 0.307 e. The summed E-state index contributed by atoms with van der Waals surface area (Å²) in [6.45, 7) is 0. The van der Waals surface area contributed by atoms with Crippen LogP contribution in [0, 0.1) is 11.6 Å². The van der Waals surface area contributed by atoms with Crippen LogP contribution in [0.2, 0.25) is 0 Å². The van der Waals surface area contributed by atoms with E-state index in [4.69, 9.17) is 4.74 Å². The fourth-order valence-corrected chi connectivity index (χ4v) is 2.59. The highest BCUT2D eigenvalue weighted by molar-refractivity contribution is 5.70. The lowest BCUT2D eigenvalue weighted by atomic mass is 10.1. The molecule has 5 heteroatoms.